The Morgan fingerprint density at radius 1 is 1.03 bits per heavy atom. The number of nitrogens with one attached hydrogen (secondary N) is 2. The molecule has 0 aliphatic rings. The molecule has 0 radical (unpaired) electrons. The molecular weight excluding hydrogens is 479 g/mol. The summed E-state index contributed by atoms with van der Waals surface area (Å²) in [5, 5.41) is 13.1. The van der Waals surface area contributed by atoms with E-state index in [2.05, 4.69) is 20.0 Å². The first-order valence-corrected chi connectivity index (χ1v) is 12.4. The molecular formula is C20H20Cl2N4O3S2. The number of sulfonamides is 1. The number of thioether (sulfide) groups is 1. The highest BCUT2D eigenvalue weighted by Crippen LogP contribution is 2.27. The fourth-order valence-electron chi connectivity index (χ4n) is 2.48. The summed E-state index contributed by atoms with van der Waals surface area (Å²) in [6.07, 6.45) is 0. The van der Waals surface area contributed by atoms with Crippen molar-refractivity contribution in [1.82, 2.24) is 9.97 Å². The van der Waals surface area contributed by atoms with Crippen LogP contribution in [-0.4, -0.2) is 36.1 Å². The molecule has 7 nitrogen and oxygen atoms in total. The average molecular weight is 499 g/mol. The van der Waals surface area contributed by atoms with Crippen LogP contribution in [0.15, 0.2) is 64.6 Å². The van der Waals surface area contributed by atoms with E-state index in [9.17, 15) is 13.5 Å². The van der Waals surface area contributed by atoms with E-state index < -0.39 is 10.0 Å². The Morgan fingerprint density at radius 3 is 2.42 bits per heavy atom. The van der Waals surface area contributed by atoms with Gasteiger partial charge in [-0.1, -0.05) is 65.3 Å². The number of anilines is 2. The van der Waals surface area contributed by atoms with Crippen molar-refractivity contribution in [1.29, 1.82) is 0 Å². The van der Waals surface area contributed by atoms with Crippen LogP contribution in [0.25, 0.3) is 0 Å². The maximum Gasteiger partial charge on any atom is 0.263 e. The van der Waals surface area contributed by atoms with E-state index >= 15 is 0 Å². The molecule has 0 saturated carbocycles. The molecule has 3 rings (SSSR count). The summed E-state index contributed by atoms with van der Waals surface area (Å²) >= 11 is 13.2. The molecule has 1 aromatic heterocycles. The molecule has 0 unspecified atom stereocenters. The lowest BCUT2D eigenvalue weighted by atomic mass is 10.2. The number of aliphatic hydroxyl groups excluding tert-OH is 1. The molecule has 0 fully saturated rings. The Balaban J connectivity index is 1.88. The van der Waals surface area contributed by atoms with Crippen molar-refractivity contribution in [2.24, 2.45) is 0 Å². The summed E-state index contributed by atoms with van der Waals surface area (Å²) in [5.74, 6) is 1.09. The highest BCUT2D eigenvalue weighted by Gasteiger charge is 2.18. The van der Waals surface area contributed by atoms with E-state index in [0.717, 1.165) is 5.56 Å². The standard InChI is InChI=1S/C20H20Cl2N4O3S2/c1-13(11-27)23-18-10-19(25-20(24-18)30-12-14-5-3-2-4-6-14)26-31(28,29)15-7-8-16(21)17(22)9-15/h2-10,13,27H,11-12H2,1H3,(H2,23,24,25,26)/t13-/m1/s1. The highest BCUT2D eigenvalue weighted by atomic mass is 35.5. The third kappa shape index (κ3) is 6.72. The zero-order chi connectivity index (χ0) is 22.4. The van der Waals surface area contributed by atoms with Crippen molar-refractivity contribution < 1.29 is 13.5 Å². The van der Waals surface area contributed by atoms with E-state index in [0.29, 0.717) is 16.7 Å². The first-order chi connectivity index (χ1) is 14.8. The number of hydrogen-bond donors (Lipinski definition) is 3. The molecule has 0 bridgehead atoms. The Hall–Kier alpha value is -2.04. The SMILES string of the molecule is C[C@H](CO)Nc1cc(NS(=O)(=O)c2ccc(Cl)c(Cl)c2)nc(SCc2ccccc2)n1. The Kier molecular flexibility index (Phi) is 8.01. The minimum atomic E-state index is -3.96. The van der Waals surface area contributed by atoms with Gasteiger partial charge in [-0.3, -0.25) is 4.72 Å². The first-order valence-electron chi connectivity index (χ1n) is 9.18. The molecule has 3 aromatic rings. The number of rotatable bonds is 9. The van der Waals surface area contributed by atoms with Crippen LogP contribution in [0.4, 0.5) is 11.6 Å². The van der Waals surface area contributed by atoms with Crippen LogP contribution in [-0.2, 0) is 15.8 Å². The quantitative estimate of drug-likeness (QED) is 0.290. The van der Waals surface area contributed by atoms with Crippen LogP contribution in [0.5, 0.6) is 0 Å². The zero-order valence-corrected chi connectivity index (χ0v) is 19.6. The van der Waals surface area contributed by atoms with E-state index in [4.69, 9.17) is 23.2 Å². The van der Waals surface area contributed by atoms with E-state index in [-0.39, 0.29) is 33.4 Å². The monoisotopic (exact) mass is 498 g/mol. The molecule has 0 amide bonds. The van der Waals surface area contributed by atoms with Gasteiger partial charge in [-0.2, -0.15) is 0 Å². The molecule has 0 aliphatic heterocycles. The van der Waals surface area contributed by atoms with E-state index in [1.54, 1.807) is 6.92 Å². The van der Waals surface area contributed by atoms with Crippen LogP contribution in [0.2, 0.25) is 10.0 Å². The van der Waals surface area contributed by atoms with Crippen molar-refractivity contribution in [2.45, 2.75) is 28.8 Å². The number of aromatic nitrogens is 2. The summed E-state index contributed by atoms with van der Waals surface area (Å²) in [6, 6.07) is 15.0. The molecule has 31 heavy (non-hydrogen) atoms. The summed E-state index contributed by atoms with van der Waals surface area (Å²) < 4.78 is 28.1. The normalized spacial score (nSPS) is 12.4. The van der Waals surface area contributed by atoms with Gasteiger partial charge in [-0.25, -0.2) is 18.4 Å². The predicted molar refractivity (Wildman–Crippen MR) is 125 cm³/mol. The van der Waals surface area contributed by atoms with E-state index in [1.807, 2.05) is 30.3 Å². The average Bonchev–Trinajstić information content (AvgIpc) is 2.74. The van der Waals surface area contributed by atoms with Crippen LogP contribution in [0, 0.1) is 0 Å². The van der Waals surface area contributed by atoms with Crippen molar-refractivity contribution in [3.8, 4) is 0 Å². The van der Waals surface area contributed by atoms with Crippen LogP contribution < -0.4 is 10.0 Å². The van der Waals surface area contributed by atoms with Crippen molar-refractivity contribution in [2.75, 3.05) is 16.6 Å². The molecule has 1 heterocycles. The van der Waals surface area contributed by atoms with Gasteiger partial charge in [-0.05, 0) is 30.7 Å². The summed E-state index contributed by atoms with van der Waals surface area (Å²) in [7, 11) is -3.96. The molecule has 2 aromatic carbocycles. The Morgan fingerprint density at radius 2 is 1.74 bits per heavy atom. The molecule has 0 saturated heterocycles. The van der Waals surface area contributed by atoms with Gasteiger partial charge in [0.15, 0.2) is 5.16 Å². The number of benzene rings is 2. The van der Waals surface area contributed by atoms with Crippen LogP contribution in [0.3, 0.4) is 0 Å². The van der Waals surface area contributed by atoms with Gasteiger partial charge in [0.25, 0.3) is 10.0 Å². The minimum absolute atomic E-state index is 0.0442. The lowest BCUT2D eigenvalue weighted by molar-refractivity contribution is 0.281. The summed E-state index contributed by atoms with van der Waals surface area (Å²) in [6.45, 7) is 1.67. The number of hydrogen-bond acceptors (Lipinski definition) is 7. The molecule has 0 aliphatic carbocycles. The Labute approximate surface area is 195 Å². The molecule has 3 N–H and O–H groups in total. The fourth-order valence-corrected chi connectivity index (χ4v) is 4.67. The third-order valence-electron chi connectivity index (χ3n) is 4.02. The lowest BCUT2D eigenvalue weighted by Crippen LogP contribution is -2.21. The van der Waals surface area contributed by atoms with Gasteiger partial charge < -0.3 is 10.4 Å². The van der Waals surface area contributed by atoms with Crippen LogP contribution >= 0.6 is 35.0 Å². The topological polar surface area (TPSA) is 104 Å². The van der Waals surface area contributed by atoms with Crippen molar-refractivity contribution in [3.05, 3.63) is 70.2 Å². The second-order valence-electron chi connectivity index (χ2n) is 6.60. The maximum atomic E-state index is 12.8. The molecule has 11 heteroatoms. The smallest absolute Gasteiger partial charge is 0.263 e. The second kappa shape index (κ2) is 10.5. The minimum Gasteiger partial charge on any atom is -0.394 e. The largest absolute Gasteiger partial charge is 0.394 e. The van der Waals surface area contributed by atoms with Gasteiger partial charge >= 0.3 is 0 Å². The van der Waals surface area contributed by atoms with Gasteiger partial charge in [0.1, 0.15) is 11.6 Å². The number of aliphatic hydroxyl groups is 1. The predicted octanol–water partition coefficient (Wildman–Crippen LogP) is 4.67. The Bertz CT molecular complexity index is 1150. The second-order valence-corrected chi connectivity index (χ2v) is 10.0. The zero-order valence-electron chi connectivity index (χ0n) is 16.4. The van der Waals surface area contributed by atoms with Gasteiger partial charge in [0, 0.05) is 17.9 Å². The fraction of sp³-hybridized carbons (Fsp3) is 0.200. The van der Waals surface area contributed by atoms with Gasteiger partial charge in [-0.15, -0.1) is 0 Å². The first kappa shape index (κ1) is 23.6. The summed E-state index contributed by atoms with van der Waals surface area (Å²) in [4.78, 5) is 8.71. The molecule has 164 valence electrons. The molecule has 0 spiro atoms. The maximum absolute atomic E-state index is 12.8. The summed E-state index contributed by atoms with van der Waals surface area (Å²) in [5.41, 5.74) is 1.08. The number of halogens is 2. The number of nitrogens with zero attached hydrogens (tertiary/aromatic N) is 2. The lowest BCUT2D eigenvalue weighted by Gasteiger charge is -2.14. The van der Waals surface area contributed by atoms with Gasteiger partial charge in [0.05, 0.1) is 21.5 Å². The van der Waals surface area contributed by atoms with Gasteiger partial charge in [0.2, 0.25) is 0 Å². The van der Waals surface area contributed by atoms with E-state index in [1.165, 1.54) is 36.0 Å². The van der Waals surface area contributed by atoms with Crippen LogP contribution in [0.1, 0.15) is 12.5 Å². The van der Waals surface area contributed by atoms with Crippen molar-refractivity contribution >= 4 is 56.6 Å². The third-order valence-corrected chi connectivity index (χ3v) is 7.03. The van der Waals surface area contributed by atoms with Crippen molar-refractivity contribution in [3.63, 3.8) is 0 Å². The highest BCUT2D eigenvalue weighted by molar-refractivity contribution is 7.98. The molecule has 1 atom stereocenters.